The molecule has 0 amide bonds. The molecule has 0 radical (unpaired) electrons. The first kappa shape index (κ1) is 16.5. The molecule has 0 spiro atoms. The molecule has 0 aliphatic carbocycles. The Balaban J connectivity index is 2.91. The van der Waals surface area contributed by atoms with Crippen molar-refractivity contribution >= 4 is 33.3 Å². The molecule has 4 nitrogen and oxygen atoms in total. The number of hydrogen-bond acceptors (Lipinski definition) is 4. The molecule has 0 atom stereocenters. The summed E-state index contributed by atoms with van der Waals surface area (Å²) in [6.45, 7) is 3.23. The molecule has 1 aromatic carbocycles. The van der Waals surface area contributed by atoms with E-state index in [1.54, 1.807) is 6.92 Å². The Kier molecular flexibility index (Phi) is 5.55. The molecule has 20 heavy (non-hydrogen) atoms. The van der Waals surface area contributed by atoms with Crippen LogP contribution in [0.2, 0.25) is 0 Å². The highest BCUT2D eigenvalue weighted by Crippen LogP contribution is 2.33. The van der Waals surface area contributed by atoms with Crippen LogP contribution in [0.3, 0.4) is 0 Å². The van der Waals surface area contributed by atoms with Crippen molar-refractivity contribution in [1.82, 2.24) is 0 Å². The molecule has 1 N–H and O–H groups in total. The second-order valence-corrected chi connectivity index (χ2v) is 4.67. The Morgan fingerprint density at radius 3 is 2.60 bits per heavy atom. The minimum absolute atomic E-state index is 0.0142. The summed E-state index contributed by atoms with van der Waals surface area (Å²) in [5, 5.41) is 3.68. The van der Waals surface area contributed by atoms with Crippen LogP contribution in [0.4, 0.5) is 18.9 Å². The van der Waals surface area contributed by atoms with E-state index >= 15 is 0 Å². The molecule has 0 saturated heterocycles. The predicted molar refractivity (Wildman–Crippen MR) is 72.5 cm³/mol. The maximum Gasteiger partial charge on any atom is 0.416 e. The van der Waals surface area contributed by atoms with E-state index in [0.29, 0.717) is 0 Å². The molecule has 110 valence electrons. The number of benzene rings is 1. The van der Waals surface area contributed by atoms with E-state index in [-0.39, 0.29) is 22.5 Å². The first-order valence-electron chi connectivity index (χ1n) is 5.59. The monoisotopic (exact) mass is 352 g/mol. The van der Waals surface area contributed by atoms with E-state index in [4.69, 9.17) is 4.74 Å². The summed E-state index contributed by atoms with van der Waals surface area (Å²) in [4.78, 5) is 11.3. The van der Waals surface area contributed by atoms with Crippen LogP contribution >= 0.6 is 15.9 Å². The average molecular weight is 353 g/mol. The molecule has 0 fully saturated rings. The van der Waals surface area contributed by atoms with Crippen LogP contribution in [0, 0.1) is 0 Å². The van der Waals surface area contributed by atoms with Gasteiger partial charge in [0.15, 0.2) is 0 Å². The quantitative estimate of drug-likeness (QED) is 0.509. The van der Waals surface area contributed by atoms with Crippen LogP contribution in [0.5, 0.6) is 0 Å². The highest BCUT2D eigenvalue weighted by molar-refractivity contribution is 9.10. The van der Waals surface area contributed by atoms with E-state index in [9.17, 15) is 18.0 Å². The summed E-state index contributed by atoms with van der Waals surface area (Å²) in [6, 6.07) is 3.26. The summed E-state index contributed by atoms with van der Waals surface area (Å²) < 4.78 is 42.8. The highest BCUT2D eigenvalue weighted by atomic mass is 79.9. The smallest absolute Gasteiger partial charge is 0.416 e. The second kappa shape index (κ2) is 6.74. The lowest BCUT2D eigenvalue weighted by Crippen LogP contribution is -2.15. The number of nitrogens with one attached hydrogen (secondary N) is 1. The third kappa shape index (κ3) is 4.84. The summed E-state index contributed by atoms with van der Waals surface area (Å²) in [5.74, 6) is -0.633. The van der Waals surface area contributed by atoms with Gasteiger partial charge >= 0.3 is 12.1 Å². The molecular weight excluding hydrogens is 341 g/mol. The van der Waals surface area contributed by atoms with Gasteiger partial charge in [0, 0.05) is 4.47 Å². The number of nitrogens with zero attached hydrogens (tertiary/aromatic N) is 1. The third-order valence-electron chi connectivity index (χ3n) is 2.15. The van der Waals surface area contributed by atoms with E-state index < -0.39 is 17.7 Å². The Bertz CT molecular complexity index is 530. The number of alkyl halides is 3. The van der Waals surface area contributed by atoms with Crippen molar-refractivity contribution < 1.29 is 22.7 Å². The van der Waals surface area contributed by atoms with Crippen molar-refractivity contribution in [2.24, 2.45) is 5.10 Å². The largest absolute Gasteiger partial charge is 0.461 e. The molecule has 0 saturated carbocycles. The molecule has 1 rings (SSSR count). The maximum absolute atomic E-state index is 12.6. The van der Waals surface area contributed by atoms with Crippen molar-refractivity contribution in [3.05, 3.63) is 28.2 Å². The topological polar surface area (TPSA) is 50.7 Å². The fourth-order valence-corrected chi connectivity index (χ4v) is 1.74. The lowest BCUT2D eigenvalue weighted by Gasteiger charge is -2.10. The van der Waals surface area contributed by atoms with Gasteiger partial charge in [-0.2, -0.15) is 18.3 Å². The SMILES string of the molecule is CCOC(=O)C(C)=NNc1cc(Br)cc(C(F)(F)F)c1. The van der Waals surface area contributed by atoms with Crippen LogP contribution in [-0.2, 0) is 15.7 Å². The average Bonchev–Trinajstić information content (AvgIpc) is 2.34. The van der Waals surface area contributed by atoms with Crippen molar-refractivity contribution in [2.45, 2.75) is 20.0 Å². The van der Waals surface area contributed by atoms with Crippen molar-refractivity contribution in [3.63, 3.8) is 0 Å². The van der Waals surface area contributed by atoms with E-state index in [0.717, 1.165) is 12.1 Å². The molecule has 0 unspecified atom stereocenters. The van der Waals surface area contributed by atoms with Gasteiger partial charge in [-0.1, -0.05) is 15.9 Å². The van der Waals surface area contributed by atoms with Gasteiger partial charge in [-0.05, 0) is 32.0 Å². The van der Waals surface area contributed by atoms with Crippen molar-refractivity contribution in [1.29, 1.82) is 0 Å². The van der Waals surface area contributed by atoms with Crippen LogP contribution < -0.4 is 5.43 Å². The minimum Gasteiger partial charge on any atom is -0.461 e. The summed E-state index contributed by atoms with van der Waals surface area (Å²) in [7, 11) is 0. The van der Waals surface area contributed by atoms with Crippen LogP contribution in [0.1, 0.15) is 19.4 Å². The Morgan fingerprint density at radius 2 is 2.05 bits per heavy atom. The van der Waals surface area contributed by atoms with E-state index in [2.05, 4.69) is 26.5 Å². The van der Waals surface area contributed by atoms with Crippen molar-refractivity contribution in [2.75, 3.05) is 12.0 Å². The van der Waals surface area contributed by atoms with Gasteiger partial charge in [0.1, 0.15) is 5.71 Å². The van der Waals surface area contributed by atoms with Gasteiger partial charge in [0.25, 0.3) is 0 Å². The summed E-state index contributed by atoms with van der Waals surface area (Å²) in [5.41, 5.74) is 1.69. The second-order valence-electron chi connectivity index (χ2n) is 3.76. The Hall–Kier alpha value is -1.57. The number of anilines is 1. The zero-order valence-corrected chi connectivity index (χ0v) is 12.3. The third-order valence-corrected chi connectivity index (χ3v) is 2.61. The zero-order chi connectivity index (χ0) is 15.3. The van der Waals surface area contributed by atoms with Gasteiger partial charge in [0.05, 0.1) is 17.9 Å². The van der Waals surface area contributed by atoms with E-state index in [1.807, 2.05) is 0 Å². The zero-order valence-electron chi connectivity index (χ0n) is 10.7. The number of hydrogen-bond donors (Lipinski definition) is 1. The molecule has 0 bridgehead atoms. The molecule has 0 aliphatic rings. The summed E-state index contributed by atoms with van der Waals surface area (Å²) in [6.07, 6.45) is -4.46. The predicted octanol–water partition coefficient (Wildman–Crippen LogP) is 3.82. The van der Waals surface area contributed by atoms with Crippen LogP contribution in [0.15, 0.2) is 27.8 Å². The van der Waals surface area contributed by atoms with Gasteiger partial charge in [0.2, 0.25) is 0 Å². The Labute approximate surface area is 122 Å². The van der Waals surface area contributed by atoms with Crippen LogP contribution in [-0.4, -0.2) is 18.3 Å². The normalized spacial score (nSPS) is 12.2. The molecule has 8 heteroatoms. The van der Waals surface area contributed by atoms with Gasteiger partial charge in [-0.25, -0.2) is 4.79 Å². The van der Waals surface area contributed by atoms with Gasteiger partial charge < -0.3 is 4.74 Å². The number of hydrazone groups is 1. The minimum atomic E-state index is -4.46. The summed E-state index contributed by atoms with van der Waals surface area (Å²) >= 11 is 2.99. The number of esters is 1. The van der Waals surface area contributed by atoms with Crippen molar-refractivity contribution in [3.8, 4) is 0 Å². The van der Waals surface area contributed by atoms with Gasteiger partial charge in [-0.15, -0.1) is 0 Å². The van der Waals surface area contributed by atoms with E-state index in [1.165, 1.54) is 13.0 Å². The standard InChI is InChI=1S/C12H12BrF3N2O2/c1-3-20-11(19)7(2)17-18-10-5-8(12(14,15)16)4-9(13)6-10/h4-6,18H,3H2,1-2H3. The molecular formula is C12H12BrF3N2O2. The van der Waals surface area contributed by atoms with Gasteiger partial charge in [-0.3, -0.25) is 5.43 Å². The molecule has 0 aliphatic heterocycles. The maximum atomic E-state index is 12.6. The number of carbonyl (C=O) groups excluding carboxylic acids is 1. The molecule has 0 aromatic heterocycles. The lowest BCUT2D eigenvalue weighted by atomic mass is 10.2. The number of carbonyl (C=O) groups is 1. The molecule has 0 heterocycles. The fourth-order valence-electron chi connectivity index (χ4n) is 1.25. The number of halogens is 4. The first-order valence-corrected chi connectivity index (χ1v) is 6.38. The Morgan fingerprint density at radius 1 is 1.40 bits per heavy atom. The number of ether oxygens (including phenoxy) is 1. The number of rotatable bonds is 4. The fraction of sp³-hybridized carbons (Fsp3) is 0.333. The lowest BCUT2D eigenvalue weighted by molar-refractivity contribution is -0.137. The van der Waals surface area contributed by atoms with Crippen LogP contribution in [0.25, 0.3) is 0 Å². The molecule has 1 aromatic rings. The highest BCUT2D eigenvalue weighted by Gasteiger charge is 2.31. The first-order chi connectivity index (χ1) is 9.24.